The summed E-state index contributed by atoms with van der Waals surface area (Å²) in [5.74, 6) is 0.932. The van der Waals surface area contributed by atoms with Crippen LogP contribution in [0.5, 0.6) is 0 Å². The van der Waals surface area contributed by atoms with Gasteiger partial charge in [-0.1, -0.05) is 30.3 Å². The third kappa shape index (κ3) is 4.95. The van der Waals surface area contributed by atoms with Crippen LogP contribution in [0.15, 0.2) is 54.0 Å². The normalized spacial score (nSPS) is 11.4. The van der Waals surface area contributed by atoms with Crippen LogP contribution in [-0.4, -0.2) is 40.5 Å². The maximum Gasteiger partial charge on any atom is 0.194 e. The predicted octanol–water partition coefficient (Wildman–Crippen LogP) is 1.98. The summed E-state index contributed by atoms with van der Waals surface area (Å²) in [6.45, 7) is 5.37. The summed E-state index contributed by atoms with van der Waals surface area (Å²) in [5.41, 5.74) is 1.28. The van der Waals surface area contributed by atoms with Crippen molar-refractivity contribution in [1.29, 1.82) is 0 Å². The highest BCUT2D eigenvalue weighted by atomic mass is 15.3. The van der Waals surface area contributed by atoms with Gasteiger partial charge in [0.2, 0.25) is 0 Å². The summed E-state index contributed by atoms with van der Waals surface area (Å²) in [5, 5.41) is 3.33. The zero-order chi connectivity index (χ0) is 14.9. The van der Waals surface area contributed by atoms with Crippen LogP contribution in [0, 0.1) is 0 Å². The van der Waals surface area contributed by atoms with Gasteiger partial charge < -0.3 is 14.8 Å². The molecular formula is C16H23N5. The van der Waals surface area contributed by atoms with Crippen LogP contribution < -0.4 is 5.32 Å². The molecule has 112 valence electrons. The quantitative estimate of drug-likeness (QED) is 0.652. The van der Waals surface area contributed by atoms with Gasteiger partial charge in [-0.05, 0) is 12.5 Å². The lowest BCUT2D eigenvalue weighted by Gasteiger charge is -2.22. The Kier molecular flexibility index (Phi) is 5.82. The zero-order valence-electron chi connectivity index (χ0n) is 12.7. The minimum absolute atomic E-state index is 0.734. The number of imidazole rings is 1. The zero-order valence-corrected chi connectivity index (χ0v) is 12.7. The molecule has 0 radical (unpaired) electrons. The second-order valence-electron chi connectivity index (χ2n) is 4.88. The number of aliphatic imine (C=N–C) groups is 1. The molecule has 1 aromatic heterocycles. The maximum absolute atomic E-state index is 4.67. The summed E-state index contributed by atoms with van der Waals surface area (Å²) in [6.07, 6.45) is 5.56. The van der Waals surface area contributed by atoms with Crippen molar-refractivity contribution < 1.29 is 0 Å². The van der Waals surface area contributed by atoms with E-state index >= 15 is 0 Å². The van der Waals surface area contributed by atoms with Crippen molar-refractivity contribution in [2.24, 2.45) is 4.99 Å². The number of rotatable bonds is 6. The Bertz CT molecular complexity index is 533. The number of nitrogens with zero attached hydrogens (tertiary/aromatic N) is 4. The number of nitrogens with one attached hydrogen (secondary N) is 1. The third-order valence-electron chi connectivity index (χ3n) is 3.14. The number of hydrogen-bond acceptors (Lipinski definition) is 2. The first-order valence-corrected chi connectivity index (χ1v) is 7.28. The molecule has 0 fully saturated rings. The van der Waals surface area contributed by atoms with Gasteiger partial charge in [0.1, 0.15) is 0 Å². The summed E-state index contributed by atoms with van der Waals surface area (Å²) < 4.78 is 2.03. The van der Waals surface area contributed by atoms with E-state index in [-0.39, 0.29) is 0 Å². The highest BCUT2D eigenvalue weighted by molar-refractivity contribution is 5.79. The molecule has 21 heavy (non-hydrogen) atoms. The van der Waals surface area contributed by atoms with Gasteiger partial charge in [-0.15, -0.1) is 0 Å². The lowest BCUT2D eigenvalue weighted by Crippen LogP contribution is -2.38. The monoisotopic (exact) mass is 285 g/mol. The average Bonchev–Trinajstić information content (AvgIpc) is 3.00. The summed E-state index contributed by atoms with van der Waals surface area (Å²) in [7, 11) is 2.06. The Labute approximate surface area is 126 Å². The predicted molar refractivity (Wildman–Crippen MR) is 86.1 cm³/mol. The first kappa shape index (κ1) is 15.1. The molecule has 2 aromatic rings. The largest absolute Gasteiger partial charge is 0.357 e. The third-order valence-corrected chi connectivity index (χ3v) is 3.14. The molecule has 0 saturated heterocycles. The molecule has 0 aliphatic carbocycles. The standard InChI is InChI=1S/C16H23N5/c1-3-18-16(19-10-12-21-11-9-17-14-21)20(2)13-15-7-5-4-6-8-15/h4-9,11,14H,3,10,12-13H2,1-2H3,(H,18,19). The van der Waals surface area contributed by atoms with Crippen LogP contribution in [0.25, 0.3) is 0 Å². The maximum atomic E-state index is 4.67. The Morgan fingerprint density at radius 1 is 1.33 bits per heavy atom. The summed E-state index contributed by atoms with van der Waals surface area (Å²) >= 11 is 0. The van der Waals surface area contributed by atoms with Gasteiger partial charge >= 0.3 is 0 Å². The number of benzene rings is 1. The van der Waals surface area contributed by atoms with Crippen molar-refractivity contribution >= 4 is 5.96 Å². The minimum Gasteiger partial charge on any atom is -0.357 e. The van der Waals surface area contributed by atoms with E-state index in [2.05, 4.69) is 58.4 Å². The molecule has 0 spiro atoms. The van der Waals surface area contributed by atoms with Crippen molar-refractivity contribution in [3.8, 4) is 0 Å². The molecular weight excluding hydrogens is 262 g/mol. The minimum atomic E-state index is 0.734. The molecule has 0 aliphatic heterocycles. The fourth-order valence-electron chi connectivity index (χ4n) is 2.09. The van der Waals surface area contributed by atoms with Gasteiger partial charge in [0.15, 0.2) is 5.96 Å². The topological polar surface area (TPSA) is 45.5 Å². The lowest BCUT2D eigenvalue weighted by atomic mass is 10.2. The first-order chi connectivity index (χ1) is 10.3. The summed E-state index contributed by atoms with van der Waals surface area (Å²) in [4.78, 5) is 10.8. The first-order valence-electron chi connectivity index (χ1n) is 7.28. The Balaban J connectivity index is 1.93. The molecule has 0 saturated carbocycles. The molecule has 0 bridgehead atoms. The molecule has 1 aromatic carbocycles. The molecule has 5 heteroatoms. The molecule has 0 aliphatic rings. The van der Waals surface area contributed by atoms with Gasteiger partial charge in [0.05, 0.1) is 12.9 Å². The number of hydrogen-bond donors (Lipinski definition) is 1. The smallest absolute Gasteiger partial charge is 0.194 e. The van der Waals surface area contributed by atoms with Crippen molar-refractivity contribution in [2.75, 3.05) is 20.1 Å². The van der Waals surface area contributed by atoms with Crippen molar-refractivity contribution in [3.05, 3.63) is 54.6 Å². The highest BCUT2D eigenvalue weighted by Gasteiger charge is 2.05. The van der Waals surface area contributed by atoms with E-state index < -0.39 is 0 Å². The van der Waals surface area contributed by atoms with Crippen molar-refractivity contribution in [1.82, 2.24) is 19.8 Å². The van der Waals surface area contributed by atoms with Crippen LogP contribution in [0.1, 0.15) is 12.5 Å². The van der Waals surface area contributed by atoms with Gasteiger partial charge in [0, 0.05) is 39.1 Å². The van der Waals surface area contributed by atoms with Crippen LogP contribution >= 0.6 is 0 Å². The second-order valence-corrected chi connectivity index (χ2v) is 4.88. The lowest BCUT2D eigenvalue weighted by molar-refractivity contribution is 0.475. The van der Waals surface area contributed by atoms with Crippen LogP contribution in [-0.2, 0) is 13.1 Å². The summed E-state index contributed by atoms with van der Waals surface area (Å²) in [6, 6.07) is 10.4. The van der Waals surface area contributed by atoms with Crippen LogP contribution in [0.2, 0.25) is 0 Å². The Morgan fingerprint density at radius 2 is 2.14 bits per heavy atom. The molecule has 0 unspecified atom stereocenters. The second kappa shape index (κ2) is 8.09. The van der Waals surface area contributed by atoms with Crippen LogP contribution in [0.3, 0.4) is 0 Å². The van der Waals surface area contributed by atoms with E-state index in [0.717, 1.165) is 32.1 Å². The molecule has 1 N–H and O–H groups in total. The highest BCUT2D eigenvalue weighted by Crippen LogP contribution is 2.03. The van der Waals surface area contributed by atoms with Gasteiger partial charge in [-0.2, -0.15) is 0 Å². The Hall–Kier alpha value is -2.30. The van der Waals surface area contributed by atoms with E-state index in [0.29, 0.717) is 0 Å². The molecule has 2 rings (SSSR count). The van der Waals surface area contributed by atoms with Crippen LogP contribution in [0.4, 0.5) is 0 Å². The van der Waals surface area contributed by atoms with E-state index in [1.807, 2.05) is 23.2 Å². The van der Waals surface area contributed by atoms with Crippen molar-refractivity contribution in [2.45, 2.75) is 20.0 Å². The molecule has 1 heterocycles. The number of guanidine groups is 1. The van der Waals surface area contributed by atoms with E-state index in [1.165, 1.54) is 5.56 Å². The molecule has 0 amide bonds. The van der Waals surface area contributed by atoms with Gasteiger partial charge in [-0.3, -0.25) is 4.99 Å². The van der Waals surface area contributed by atoms with Gasteiger partial charge in [-0.25, -0.2) is 4.98 Å². The fraction of sp³-hybridized carbons (Fsp3) is 0.375. The SMILES string of the molecule is CCNC(=NCCn1ccnc1)N(C)Cc1ccccc1. The van der Waals surface area contributed by atoms with Gasteiger partial charge in [0.25, 0.3) is 0 Å². The van der Waals surface area contributed by atoms with Crippen molar-refractivity contribution in [3.63, 3.8) is 0 Å². The fourth-order valence-corrected chi connectivity index (χ4v) is 2.09. The number of aromatic nitrogens is 2. The Morgan fingerprint density at radius 3 is 2.81 bits per heavy atom. The average molecular weight is 285 g/mol. The van der Waals surface area contributed by atoms with E-state index in [1.54, 1.807) is 6.20 Å². The molecule has 5 nitrogen and oxygen atoms in total. The molecule has 0 atom stereocenters. The van der Waals surface area contributed by atoms with E-state index in [4.69, 9.17) is 0 Å². The van der Waals surface area contributed by atoms with E-state index in [9.17, 15) is 0 Å².